The number of ether oxygens (including phenoxy) is 1. The number of aromatic nitrogens is 1. The lowest BCUT2D eigenvalue weighted by atomic mass is 9.72. The van der Waals surface area contributed by atoms with E-state index in [1.165, 1.54) is 6.26 Å². The summed E-state index contributed by atoms with van der Waals surface area (Å²) in [4.78, 5) is 30.7. The van der Waals surface area contributed by atoms with Crippen LogP contribution >= 0.6 is 0 Å². The second kappa shape index (κ2) is 11.4. The van der Waals surface area contributed by atoms with Crippen molar-refractivity contribution >= 4 is 17.8 Å². The summed E-state index contributed by atoms with van der Waals surface area (Å²) in [6.07, 6.45) is 3.25. The number of epoxide rings is 1. The molecule has 0 unspecified atom stereocenters. The maximum absolute atomic E-state index is 13.3. The van der Waals surface area contributed by atoms with Crippen LogP contribution in [0.15, 0.2) is 16.3 Å². The van der Waals surface area contributed by atoms with Gasteiger partial charge in [0.2, 0.25) is 11.8 Å². The van der Waals surface area contributed by atoms with Crippen molar-refractivity contribution in [2.45, 2.75) is 111 Å². The smallest absolute Gasteiger partial charge is 0.223 e. The zero-order valence-corrected chi connectivity index (χ0v) is 23.2. The second-order valence-corrected chi connectivity index (χ2v) is 11.9. The van der Waals surface area contributed by atoms with Gasteiger partial charge in [-0.15, -0.1) is 0 Å². The summed E-state index contributed by atoms with van der Waals surface area (Å²) in [6.45, 7) is 12.6. The van der Waals surface area contributed by atoms with Gasteiger partial charge >= 0.3 is 0 Å². The molecule has 1 aromatic rings. The Labute approximate surface area is 219 Å². The number of oxazole rings is 1. The van der Waals surface area contributed by atoms with E-state index in [0.717, 1.165) is 24.8 Å². The van der Waals surface area contributed by atoms with Crippen molar-refractivity contribution in [2.24, 2.45) is 23.2 Å². The average Bonchev–Trinajstić information content (AvgIpc) is 3.30. The van der Waals surface area contributed by atoms with Crippen molar-refractivity contribution in [1.29, 1.82) is 0 Å². The Bertz CT molecular complexity index is 1000. The van der Waals surface area contributed by atoms with Crippen molar-refractivity contribution in [3.8, 4) is 0 Å². The quantitative estimate of drug-likeness (QED) is 0.445. The number of Topliss-reactive ketones (excluding diaryl/α,β-unsaturated/α-hetero) is 1. The summed E-state index contributed by atoms with van der Waals surface area (Å²) in [7, 11) is 0. The van der Waals surface area contributed by atoms with E-state index in [1.54, 1.807) is 26.8 Å². The van der Waals surface area contributed by atoms with E-state index in [2.05, 4.69) is 17.2 Å². The zero-order chi connectivity index (χ0) is 27.7. The van der Waals surface area contributed by atoms with Crippen molar-refractivity contribution in [1.82, 2.24) is 10.3 Å². The predicted octanol–water partition coefficient (Wildman–Crippen LogP) is 3.01. The summed E-state index contributed by atoms with van der Waals surface area (Å²) in [5, 5.41) is 34.2. The fourth-order valence-electron chi connectivity index (χ4n) is 5.75. The number of carbonyl (C=O) groups excluding carboxylic acids is 2. The fraction of sp³-hybridized carbons (Fsp3) is 0.750. The third kappa shape index (κ3) is 6.50. The van der Waals surface area contributed by atoms with Gasteiger partial charge in [-0.25, -0.2) is 4.98 Å². The molecule has 0 aromatic carbocycles. The first-order valence-electron chi connectivity index (χ1n) is 13.3. The molecule has 3 rings (SSSR count). The van der Waals surface area contributed by atoms with Crippen molar-refractivity contribution in [3.63, 3.8) is 0 Å². The summed E-state index contributed by atoms with van der Waals surface area (Å²) < 4.78 is 11.4. The number of nitrogens with zero attached hydrogens (tertiary/aromatic N) is 1. The molecule has 208 valence electrons. The summed E-state index contributed by atoms with van der Waals surface area (Å²) in [5.74, 6) is -1.28. The first-order valence-corrected chi connectivity index (χ1v) is 13.3. The maximum atomic E-state index is 13.3. The number of aliphatic hydroxyl groups excluding tert-OH is 3. The number of carbonyl (C=O) groups is 2. The number of aliphatic hydroxyl groups is 3. The molecule has 3 heterocycles. The highest BCUT2D eigenvalue weighted by Crippen LogP contribution is 2.47. The SMILES string of the molecule is C/C(=C\c1coc(CO)n1)[C@H]1NC(=O)C[C@H](O)C(C)(C)C(=O)[C@H](C)[C@@H](O)[C@@H](C)CCC[C@@]2(C)O[C@H]2[C@@H]1C. The average molecular weight is 521 g/mol. The summed E-state index contributed by atoms with van der Waals surface area (Å²) in [6, 6.07) is -0.410. The highest BCUT2D eigenvalue weighted by atomic mass is 16.6. The van der Waals surface area contributed by atoms with Gasteiger partial charge in [0, 0.05) is 11.8 Å². The van der Waals surface area contributed by atoms with Gasteiger partial charge in [-0.3, -0.25) is 9.59 Å². The molecule has 0 radical (unpaired) electrons. The van der Waals surface area contributed by atoms with E-state index in [4.69, 9.17) is 9.15 Å². The van der Waals surface area contributed by atoms with Gasteiger partial charge in [-0.05, 0) is 44.3 Å². The Hall–Kier alpha value is -2.07. The van der Waals surface area contributed by atoms with Gasteiger partial charge in [0.25, 0.3) is 0 Å². The molecule has 4 N–H and O–H groups in total. The maximum Gasteiger partial charge on any atom is 0.223 e. The van der Waals surface area contributed by atoms with E-state index in [0.29, 0.717) is 5.69 Å². The number of fused-ring (bicyclic) bond motifs is 1. The number of hydrogen-bond acceptors (Lipinski definition) is 8. The van der Waals surface area contributed by atoms with E-state index < -0.39 is 29.6 Å². The van der Waals surface area contributed by atoms with Crippen molar-refractivity contribution in [3.05, 3.63) is 23.4 Å². The van der Waals surface area contributed by atoms with E-state index in [9.17, 15) is 24.9 Å². The van der Waals surface area contributed by atoms with Gasteiger partial charge in [-0.1, -0.05) is 41.0 Å². The molecular formula is C28H44N2O7. The molecule has 1 aromatic heterocycles. The molecule has 37 heavy (non-hydrogen) atoms. The van der Waals surface area contributed by atoms with Crippen LogP contribution < -0.4 is 5.32 Å². The van der Waals surface area contributed by atoms with Crippen LogP contribution in [0.5, 0.6) is 0 Å². The molecule has 0 aliphatic carbocycles. The molecule has 0 saturated carbocycles. The van der Waals surface area contributed by atoms with E-state index >= 15 is 0 Å². The minimum absolute atomic E-state index is 0.0820. The minimum atomic E-state index is -1.22. The summed E-state index contributed by atoms with van der Waals surface area (Å²) in [5.41, 5.74) is -0.193. The zero-order valence-electron chi connectivity index (χ0n) is 23.2. The number of ketones is 1. The first kappa shape index (κ1) is 29.5. The predicted molar refractivity (Wildman–Crippen MR) is 138 cm³/mol. The van der Waals surface area contributed by atoms with E-state index in [1.807, 2.05) is 20.8 Å². The van der Waals surface area contributed by atoms with Gasteiger partial charge in [0.05, 0.1) is 41.8 Å². The van der Waals surface area contributed by atoms with Crippen LogP contribution in [0.4, 0.5) is 0 Å². The molecular weight excluding hydrogens is 476 g/mol. The van der Waals surface area contributed by atoms with Gasteiger partial charge in [0.15, 0.2) is 0 Å². The lowest BCUT2D eigenvalue weighted by Gasteiger charge is -2.35. The third-order valence-corrected chi connectivity index (χ3v) is 8.52. The van der Waals surface area contributed by atoms with Crippen LogP contribution in [-0.4, -0.2) is 61.9 Å². The Morgan fingerprint density at radius 2 is 1.89 bits per heavy atom. The molecule has 2 saturated heterocycles. The van der Waals surface area contributed by atoms with Crippen molar-refractivity contribution < 1.29 is 34.1 Å². The Morgan fingerprint density at radius 3 is 2.51 bits per heavy atom. The van der Waals surface area contributed by atoms with Crippen LogP contribution in [-0.2, 0) is 20.9 Å². The molecule has 9 nitrogen and oxygen atoms in total. The number of nitrogens with one attached hydrogen (secondary N) is 1. The Balaban J connectivity index is 1.91. The van der Waals surface area contributed by atoms with Gasteiger partial charge < -0.3 is 29.8 Å². The number of rotatable bonds is 3. The summed E-state index contributed by atoms with van der Waals surface area (Å²) >= 11 is 0. The molecule has 0 bridgehead atoms. The molecule has 2 fully saturated rings. The monoisotopic (exact) mass is 520 g/mol. The first-order chi connectivity index (χ1) is 17.2. The van der Waals surface area contributed by atoms with Gasteiger partial charge in [0.1, 0.15) is 24.3 Å². The van der Waals surface area contributed by atoms with Crippen LogP contribution in [0.2, 0.25) is 0 Å². The lowest BCUT2D eigenvalue weighted by Crippen LogP contribution is -2.48. The molecule has 2 aliphatic rings. The Kier molecular flexibility index (Phi) is 9.05. The topological polar surface area (TPSA) is 145 Å². The molecule has 9 heteroatoms. The number of hydrogen-bond donors (Lipinski definition) is 4. The molecule has 2 aliphatic heterocycles. The van der Waals surface area contributed by atoms with Crippen molar-refractivity contribution in [2.75, 3.05) is 0 Å². The minimum Gasteiger partial charge on any atom is -0.446 e. The fourth-order valence-corrected chi connectivity index (χ4v) is 5.75. The molecule has 1 amide bonds. The molecule has 8 atom stereocenters. The number of amides is 1. The van der Waals surface area contributed by atoms with E-state index in [-0.39, 0.29) is 54.1 Å². The second-order valence-electron chi connectivity index (χ2n) is 11.9. The highest BCUT2D eigenvalue weighted by Gasteiger charge is 2.56. The van der Waals surface area contributed by atoms with Gasteiger partial charge in [-0.2, -0.15) is 0 Å². The Morgan fingerprint density at radius 1 is 1.22 bits per heavy atom. The standard InChI is InChI=1S/C28H44N2O7/c1-15-9-8-10-28(7)26(37-28)17(3)23(16(2)11-19-14-36-22(13-31)29-19)30-21(33)12-20(32)27(5,6)25(35)18(4)24(15)34/h11,14-15,17-18,20,23-24,26,31-32,34H,8-10,12-13H2,1-7H3,(H,30,33)/b16-11+/t15-,17+,18+,20-,23+,24-,26-,28+/m0/s1. The highest BCUT2D eigenvalue weighted by molar-refractivity contribution is 5.88. The normalized spacial score (nSPS) is 38.1. The van der Waals surface area contributed by atoms with Crippen LogP contribution in [0.25, 0.3) is 6.08 Å². The van der Waals surface area contributed by atoms with Crippen LogP contribution in [0, 0.1) is 23.2 Å². The van der Waals surface area contributed by atoms with Crippen LogP contribution in [0.1, 0.15) is 85.7 Å². The third-order valence-electron chi connectivity index (χ3n) is 8.52. The molecule has 0 spiro atoms. The lowest BCUT2D eigenvalue weighted by molar-refractivity contribution is -0.143. The van der Waals surface area contributed by atoms with Crippen LogP contribution in [0.3, 0.4) is 0 Å². The largest absolute Gasteiger partial charge is 0.446 e.